The summed E-state index contributed by atoms with van der Waals surface area (Å²) in [6, 6.07) is 8.93. The van der Waals surface area contributed by atoms with Crippen molar-refractivity contribution in [3.05, 3.63) is 63.7 Å². The van der Waals surface area contributed by atoms with Gasteiger partial charge in [0.05, 0.1) is 11.6 Å². The van der Waals surface area contributed by atoms with Gasteiger partial charge < -0.3 is 14.6 Å². The van der Waals surface area contributed by atoms with E-state index in [1.165, 1.54) is 4.57 Å². The smallest absolute Gasteiger partial charge is 0.352 e. The lowest BCUT2D eigenvalue weighted by Gasteiger charge is -2.33. The number of piperidine rings is 1. The van der Waals surface area contributed by atoms with Crippen molar-refractivity contribution >= 4 is 23.0 Å². The molecule has 1 amide bonds. The second-order valence-electron chi connectivity index (χ2n) is 10.4. The monoisotopic (exact) mass is 550 g/mol. The zero-order valence-corrected chi connectivity index (χ0v) is 22.5. The Morgan fingerprint density at radius 1 is 1.18 bits per heavy atom. The number of aryl methyl sites for hydroxylation is 1. The van der Waals surface area contributed by atoms with E-state index in [1.54, 1.807) is 22.6 Å². The SMILES string of the molecule is CC(C)NC(=O)Cn1c(-c2cccc(Cl)c2)cn2cc(CCCCN3CCCC(C(F)(F)F)C3)cc2c1=O. The van der Waals surface area contributed by atoms with Gasteiger partial charge in [-0.15, -0.1) is 0 Å². The Morgan fingerprint density at radius 3 is 2.68 bits per heavy atom. The van der Waals surface area contributed by atoms with E-state index in [1.807, 2.05) is 43.3 Å². The van der Waals surface area contributed by atoms with Crippen molar-refractivity contribution in [2.24, 2.45) is 5.92 Å². The number of hydrogen-bond donors (Lipinski definition) is 1. The number of alkyl halides is 3. The van der Waals surface area contributed by atoms with Crippen LogP contribution in [-0.4, -0.2) is 51.6 Å². The predicted molar refractivity (Wildman–Crippen MR) is 144 cm³/mol. The molecule has 0 saturated carbocycles. The number of carbonyl (C=O) groups excluding carboxylic acids is 1. The third kappa shape index (κ3) is 6.99. The van der Waals surface area contributed by atoms with Crippen molar-refractivity contribution in [2.75, 3.05) is 19.6 Å². The summed E-state index contributed by atoms with van der Waals surface area (Å²) in [5.74, 6) is -1.49. The molecule has 0 aliphatic carbocycles. The first-order valence-electron chi connectivity index (χ1n) is 13.1. The molecule has 4 rings (SSSR count). The Kier molecular flexibility index (Phi) is 8.88. The molecule has 1 fully saturated rings. The molecule has 38 heavy (non-hydrogen) atoms. The number of carbonyl (C=O) groups is 1. The number of halogens is 4. The van der Waals surface area contributed by atoms with Crippen molar-refractivity contribution in [1.82, 2.24) is 19.2 Å². The third-order valence-corrected chi connectivity index (χ3v) is 7.19. The molecular formula is C28H34ClF3N4O2. The van der Waals surface area contributed by atoms with Crippen LogP contribution in [0, 0.1) is 5.92 Å². The first-order chi connectivity index (χ1) is 18.0. The number of nitrogens with zero attached hydrogens (tertiary/aromatic N) is 3. The van der Waals surface area contributed by atoms with E-state index in [4.69, 9.17) is 11.6 Å². The Morgan fingerprint density at radius 2 is 1.97 bits per heavy atom. The number of aromatic nitrogens is 2. The lowest BCUT2D eigenvalue weighted by Crippen LogP contribution is -2.42. The molecule has 2 aromatic heterocycles. The zero-order chi connectivity index (χ0) is 27.4. The number of unbranched alkanes of at least 4 members (excludes halogenated alkanes) is 1. The molecule has 0 bridgehead atoms. The number of nitrogens with one attached hydrogen (secondary N) is 1. The Hall–Kier alpha value is -2.78. The van der Waals surface area contributed by atoms with E-state index >= 15 is 0 Å². The maximum atomic E-state index is 13.5. The van der Waals surface area contributed by atoms with Gasteiger partial charge in [-0.05, 0) is 82.8 Å². The highest BCUT2D eigenvalue weighted by Crippen LogP contribution is 2.33. The molecule has 1 unspecified atom stereocenters. The number of hydrogen-bond acceptors (Lipinski definition) is 3. The summed E-state index contributed by atoms with van der Waals surface area (Å²) in [7, 11) is 0. The summed E-state index contributed by atoms with van der Waals surface area (Å²) in [6.45, 7) is 5.03. The van der Waals surface area contributed by atoms with Crippen LogP contribution in [0.25, 0.3) is 16.8 Å². The highest BCUT2D eigenvalue weighted by atomic mass is 35.5. The molecule has 3 aromatic rings. The second kappa shape index (κ2) is 11.9. The van der Waals surface area contributed by atoms with Gasteiger partial charge in [0.15, 0.2) is 0 Å². The molecule has 6 nitrogen and oxygen atoms in total. The van der Waals surface area contributed by atoms with Crippen LogP contribution in [0.5, 0.6) is 0 Å². The van der Waals surface area contributed by atoms with E-state index in [9.17, 15) is 22.8 Å². The molecule has 1 aliphatic heterocycles. The second-order valence-corrected chi connectivity index (χ2v) is 10.9. The standard InChI is InChI=1S/C28H34ClF3N4O2/c1-19(2)33-26(37)18-36-25(21-8-5-10-23(29)14-21)17-35-15-20(13-24(35)27(36)38)7-3-4-11-34-12-6-9-22(16-34)28(30,31)32/h5,8,10,13-15,17,19,22H,3-4,6-7,9,11-12,16,18H2,1-2H3,(H,33,37). The van der Waals surface area contributed by atoms with E-state index in [-0.39, 0.29) is 37.0 Å². The highest BCUT2D eigenvalue weighted by molar-refractivity contribution is 6.30. The van der Waals surface area contributed by atoms with Crippen LogP contribution in [-0.2, 0) is 17.8 Å². The first kappa shape index (κ1) is 28.2. The molecule has 1 aliphatic rings. The van der Waals surface area contributed by atoms with Crippen LogP contribution >= 0.6 is 11.6 Å². The van der Waals surface area contributed by atoms with E-state index in [0.29, 0.717) is 42.2 Å². The van der Waals surface area contributed by atoms with Gasteiger partial charge in [-0.1, -0.05) is 23.7 Å². The van der Waals surface area contributed by atoms with Crippen LogP contribution < -0.4 is 10.9 Å². The van der Waals surface area contributed by atoms with Gasteiger partial charge in [-0.2, -0.15) is 13.2 Å². The fourth-order valence-corrected chi connectivity index (χ4v) is 5.33. The summed E-state index contributed by atoms with van der Waals surface area (Å²) in [5, 5.41) is 3.36. The van der Waals surface area contributed by atoms with Gasteiger partial charge in [0.25, 0.3) is 5.56 Å². The summed E-state index contributed by atoms with van der Waals surface area (Å²) >= 11 is 6.21. The normalized spacial score (nSPS) is 16.9. The molecule has 10 heteroatoms. The zero-order valence-electron chi connectivity index (χ0n) is 21.7. The van der Waals surface area contributed by atoms with Crippen LogP contribution in [0.1, 0.15) is 45.1 Å². The minimum atomic E-state index is -4.13. The van der Waals surface area contributed by atoms with Crippen LogP contribution in [0.4, 0.5) is 13.2 Å². The maximum absolute atomic E-state index is 13.5. The third-order valence-electron chi connectivity index (χ3n) is 6.95. The number of benzene rings is 1. The van der Waals surface area contributed by atoms with E-state index in [2.05, 4.69) is 5.32 Å². The Bertz CT molecular complexity index is 1330. The van der Waals surface area contributed by atoms with Gasteiger partial charge in [-0.3, -0.25) is 14.2 Å². The minimum absolute atomic E-state index is 0.0549. The molecular weight excluding hydrogens is 517 g/mol. The van der Waals surface area contributed by atoms with Crippen molar-refractivity contribution < 1.29 is 18.0 Å². The Balaban J connectivity index is 1.50. The predicted octanol–water partition coefficient (Wildman–Crippen LogP) is 5.54. The topological polar surface area (TPSA) is 58.8 Å². The largest absolute Gasteiger partial charge is 0.393 e. The van der Waals surface area contributed by atoms with Crippen molar-refractivity contribution in [3.8, 4) is 11.3 Å². The lowest BCUT2D eigenvalue weighted by molar-refractivity contribution is -0.186. The summed E-state index contributed by atoms with van der Waals surface area (Å²) in [4.78, 5) is 28.0. The minimum Gasteiger partial charge on any atom is -0.352 e. The van der Waals surface area contributed by atoms with Crippen molar-refractivity contribution in [1.29, 1.82) is 0 Å². The van der Waals surface area contributed by atoms with Crippen LogP contribution in [0.15, 0.2) is 47.5 Å². The first-order valence-corrected chi connectivity index (χ1v) is 13.5. The van der Waals surface area contributed by atoms with Crippen LogP contribution in [0.3, 0.4) is 0 Å². The van der Waals surface area contributed by atoms with Crippen molar-refractivity contribution in [2.45, 2.75) is 64.7 Å². The van der Waals surface area contributed by atoms with Crippen molar-refractivity contribution in [3.63, 3.8) is 0 Å². The molecule has 1 atom stereocenters. The fourth-order valence-electron chi connectivity index (χ4n) is 5.14. The summed E-state index contributed by atoms with van der Waals surface area (Å²) in [6.07, 6.45) is 2.69. The molecule has 206 valence electrons. The number of likely N-dealkylation sites (tertiary alicyclic amines) is 1. The summed E-state index contributed by atoms with van der Waals surface area (Å²) < 4.78 is 42.5. The number of rotatable bonds is 9. The molecule has 0 radical (unpaired) electrons. The molecule has 1 aromatic carbocycles. The lowest BCUT2D eigenvalue weighted by atomic mass is 9.97. The van der Waals surface area contributed by atoms with Gasteiger partial charge in [0.1, 0.15) is 12.1 Å². The van der Waals surface area contributed by atoms with Gasteiger partial charge >= 0.3 is 6.18 Å². The van der Waals surface area contributed by atoms with Gasteiger partial charge in [-0.25, -0.2) is 0 Å². The molecule has 1 saturated heterocycles. The average molecular weight is 551 g/mol. The van der Waals surface area contributed by atoms with Gasteiger partial charge in [0.2, 0.25) is 5.91 Å². The fraction of sp³-hybridized carbons (Fsp3) is 0.500. The quantitative estimate of drug-likeness (QED) is 0.356. The number of fused-ring (bicyclic) bond motifs is 1. The number of amides is 1. The van der Waals surface area contributed by atoms with E-state index in [0.717, 1.165) is 24.0 Å². The van der Waals surface area contributed by atoms with Gasteiger partial charge in [0, 0.05) is 35.6 Å². The van der Waals surface area contributed by atoms with E-state index < -0.39 is 12.1 Å². The van der Waals surface area contributed by atoms with Crippen LogP contribution in [0.2, 0.25) is 5.02 Å². The maximum Gasteiger partial charge on any atom is 0.393 e. The highest BCUT2D eigenvalue weighted by Gasteiger charge is 2.41. The molecule has 1 N–H and O–H groups in total. The average Bonchev–Trinajstić information content (AvgIpc) is 3.26. The Labute approximate surface area is 225 Å². The molecule has 3 heterocycles. The molecule has 0 spiro atoms. The summed E-state index contributed by atoms with van der Waals surface area (Å²) in [5.41, 5.74) is 2.46.